The van der Waals surface area contributed by atoms with Crippen LogP contribution in [0.5, 0.6) is 0 Å². The van der Waals surface area contributed by atoms with Crippen molar-refractivity contribution in [3.63, 3.8) is 0 Å². The number of hydrogen-bond donors (Lipinski definition) is 1. The Morgan fingerprint density at radius 2 is 2.00 bits per heavy atom. The first-order valence-electron chi connectivity index (χ1n) is 5.88. The minimum absolute atomic E-state index is 0.0902. The van der Waals surface area contributed by atoms with Gasteiger partial charge in [0.05, 0.1) is 4.92 Å². The maximum Gasteiger partial charge on any atom is 0.423 e. The van der Waals surface area contributed by atoms with E-state index in [4.69, 9.17) is 0 Å². The van der Waals surface area contributed by atoms with E-state index < -0.39 is 22.4 Å². The summed E-state index contributed by atoms with van der Waals surface area (Å²) in [6.45, 7) is 2.44. The number of likely N-dealkylation sites (N-methyl/N-ethyl adjacent to an activating group) is 1. The van der Waals surface area contributed by atoms with Gasteiger partial charge in [0.25, 0.3) is 5.69 Å². The number of halogens is 3. The molecule has 5 nitrogen and oxygen atoms in total. The second-order valence-electron chi connectivity index (χ2n) is 4.79. The number of nitrogens with zero attached hydrogens (tertiary/aromatic N) is 2. The van der Waals surface area contributed by atoms with Crippen molar-refractivity contribution in [1.29, 1.82) is 0 Å². The number of rotatable bonds is 5. The normalized spacial score (nSPS) is 13.3. The lowest BCUT2D eigenvalue weighted by Crippen LogP contribution is -2.29. The van der Waals surface area contributed by atoms with Crippen LogP contribution in [0, 0.1) is 10.1 Å². The molecule has 1 atom stereocenters. The van der Waals surface area contributed by atoms with Crippen LogP contribution in [-0.2, 0) is 6.18 Å². The van der Waals surface area contributed by atoms with Gasteiger partial charge in [0.2, 0.25) is 0 Å². The Hall–Kier alpha value is -1.83. The van der Waals surface area contributed by atoms with Crippen LogP contribution in [0.15, 0.2) is 18.2 Å². The summed E-state index contributed by atoms with van der Waals surface area (Å²) in [5.41, 5.74) is -1.98. The molecule has 1 N–H and O–H groups in total. The van der Waals surface area contributed by atoms with E-state index in [1.807, 2.05) is 25.9 Å². The Bertz CT molecular complexity index is 489. The van der Waals surface area contributed by atoms with Crippen molar-refractivity contribution >= 4 is 11.4 Å². The van der Waals surface area contributed by atoms with E-state index >= 15 is 0 Å². The van der Waals surface area contributed by atoms with Gasteiger partial charge in [0.15, 0.2) is 0 Å². The van der Waals surface area contributed by atoms with Crippen LogP contribution in [0.4, 0.5) is 24.5 Å². The summed E-state index contributed by atoms with van der Waals surface area (Å²) in [4.78, 5) is 11.5. The summed E-state index contributed by atoms with van der Waals surface area (Å²) >= 11 is 0. The maximum absolute atomic E-state index is 12.8. The standard InChI is InChI=1S/C12H16F3N3O2/c1-8(7-17(2)3)16-9-4-5-11(18(19)20)10(6-9)12(13,14)15/h4-6,8,16H,7H2,1-3H3. The lowest BCUT2D eigenvalue weighted by atomic mass is 10.1. The van der Waals surface area contributed by atoms with Gasteiger partial charge in [-0.25, -0.2) is 0 Å². The molecular weight excluding hydrogens is 275 g/mol. The molecule has 0 bridgehead atoms. The number of nitrogens with one attached hydrogen (secondary N) is 1. The van der Waals surface area contributed by atoms with Crippen LogP contribution in [0.2, 0.25) is 0 Å². The molecular formula is C12H16F3N3O2. The van der Waals surface area contributed by atoms with Crippen molar-refractivity contribution in [2.45, 2.75) is 19.1 Å². The highest BCUT2D eigenvalue weighted by Crippen LogP contribution is 2.37. The zero-order valence-electron chi connectivity index (χ0n) is 11.4. The molecule has 0 aliphatic heterocycles. The number of benzene rings is 1. The third-order valence-electron chi connectivity index (χ3n) is 2.55. The number of hydrogen-bond acceptors (Lipinski definition) is 4. The molecule has 0 amide bonds. The molecule has 112 valence electrons. The van der Waals surface area contributed by atoms with Gasteiger partial charge in [-0.3, -0.25) is 10.1 Å². The Morgan fingerprint density at radius 1 is 1.40 bits per heavy atom. The Kier molecular flexibility index (Phi) is 4.93. The van der Waals surface area contributed by atoms with Crippen molar-refractivity contribution in [2.24, 2.45) is 0 Å². The molecule has 0 saturated carbocycles. The van der Waals surface area contributed by atoms with Gasteiger partial charge >= 0.3 is 6.18 Å². The highest BCUT2D eigenvalue weighted by Gasteiger charge is 2.38. The fourth-order valence-electron chi connectivity index (χ4n) is 1.89. The van der Waals surface area contributed by atoms with Gasteiger partial charge in [-0.1, -0.05) is 0 Å². The molecule has 0 aliphatic carbocycles. The van der Waals surface area contributed by atoms with E-state index in [1.54, 1.807) is 0 Å². The Balaban J connectivity index is 3.04. The minimum atomic E-state index is -4.76. The smallest absolute Gasteiger partial charge is 0.381 e. The number of anilines is 1. The van der Waals surface area contributed by atoms with Crippen LogP contribution in [-0.4, -0.2) is 36.5 Å². The largest absolute Gasteiger partial charge is 0.423 e. The third kappa shape index (κ3) is 4.37. The van der Waals surface area contributed by atoms with Crippen molar-refractivity contribution in [1.82, 2.24) is 4.90 Å². The van der Waals surface area contributed by atoms with Gasteiger partial charge in [-0.05, 0) is 33.2 Å². The van der Waals surface area contributed by atoms with E-state index in [2.05, 4.69) is 5.32 Å². The summed E-state index contributed by atoms with van der Waals surface area (Å²) in [6, 6.07) is 2.82. The highest BCUT2D eigenvalue weighted by atomic mass is 19.4. The van der Waals surface area contributed by atoms with Gasteiger partial charge < -0.3 is 10.2 Å². The summed E-state index contributed by atoms with van der Waals surface area (Å²) < 4.78 is 38.4. The summed E-state index contributed by atoms with van der Waals surface area (Å²) in [6.07, 6.45) is -4.76. The van der Waals surface area contributed by atoms with Gasteiger partial charge in [-0.2, -0.15) is 13.2 Å². The molecule has 0 spiro atoms. The lowest BCUT2D eigenvalue weighted by Gasteiger charge is -2.20. The van der Waals surface area contributed by atoms with Crippen molar-refractivity contribution in [2.75, 3.05) is 26.0 Å². The van der Waals surface area contributed by atoms with Gasteiger partial charge in [0.1, 0.15) is 5.56 Å². The molecule has 0 aliphatic rings. The first-order valence-corrected chi connectivity index (χ1v) is 5.88. The average molecular weight is 291 g/mol. The monoisotopic (exact) mass is 291 g/mol. The average Bonchev–Trinajstić information content (AvgIpc) is 2.25. The molecule has 0 fully saturated rings. The van der Waals surface area contributed by atoms with Crippen LogP contribution >= 0.6 is 0 Å². The number of nitro groups is 1. The molecule has 1 aromatic rings. The van der Waals surface area contributed by atoms with Crippen molar-refractivity contribution < 1.29 is 18.1 Å². The first-order chi connectivity index (χ1) is 9.11. The molecule has 0 aromatic heterocycles. The SMILES string of the molecule is CC(CN(C)C)Nc1ccc([N+](=O)[O-])c(C(F)(F)F)c1. The highest BCUT2D eigenvalue weighted by molar-refractivity contribution is 5.55. The molecule has 0 saturated heterocycles. The molecule has 0 heterocycles. The molecule has 0 radical (unpaired) electrons. The van der Waals surface area contributed by atoms with E-state index in [-0.39, 0.29) is 11.7 Å². The fraction of sp³-hybridized carbons (Fsp3) is 0.500. The predicted octanol–water partition coefficient (Wildman–Crippen LogP) is 2.98. The lowest BCUT2D eigenvalue weighted by molar-refractivity contribution is -0.388. The van der Waals surface area contributed by atoms with E-state index in [0.29, 0.717) is 6.54 Å². The fourth-order valence-corrected chi connectivity index (χ4v) is 1.89. The second-order valence-corrected chi connectivity index (χ2v) is 4.79. The quantitative estimate of drug-likeness (QED) is 0.669. The van der Waals surface area contributed by atoms with Crippen molar-refractivity contribution in [3.05, 3.63) is 33.9 Å². The number of alkyl halides is 3. The Labute approximate surface area is 114 Å². The van der Waals surface area contributed by atoms with E-state index in [0.717, 1.165) is 12.1 Å². The summed E-state index contributed by atoms with van der Waals surface area (Å²) in [7, 11) is 3.68. The minimum Gasteiger partial charge on any atom is -0.381 e. The predicted molar refractivity (Wildman–Crippen MR) is 69.7 cm³/mol. The van der Waals surface area contributed by atoms with Crippen molar-refractivity contribution in [3.8, 4) is 0 Å². The summed E-state index contributed by atoms with van der Waals surface area (Å²) in [5.74, 6) is 0. The van der Waals surface area contributed by atoms with E-state index in [1.165, 1.54) is 6.07 Å². The van der Waals surface area contributed by atoms with E-state index in [9.17, 15) is 23.3 Å². The zero-order valence-corrected chi connectivity index (χ0v) is 11.4. The molecule has 1 aromatic carbocycles. The van der Waals surface area contributed by atoms with Gasteiger partial charge in [0, 0.05) is 24.3 Å². The van der Waals surface area contributed by atoms with Crippen LogP contribution in [0.3, 0.4) is 0 Å². The Morgan fingerprint density at radius 3 is 2.45 bits per heavy atom. The van der Waals surface area contributed by atoms with Crippen LogP contribution < -0.4 is 5.32 Å². The van der Waals surface area contributed by atoms with Crippen LogP contribution in [0.25, 0.3) is 0 Å². The summed E-state index contributed by atoms with van der Waals surface area (Å²) in [5, 5.41) is 13.5. The maximum atomic E-state index is 12.8. The molecule has 8 heteroatoms. The second kappa shape index (κ2) is 6.08. The molecule has 1 unspecified atom stereocenters. The molecule has 20 heavy (non-hydrogen) atoms. The topological polar surface area (TPSA) is 58.4 Å². The van der Waals surface area contributed by atoms with Gasteiger partial charge in [-0.15, -0.1) is 0 Å². The van der Waals surface area contributed by atoms with Crippen LogP contribution in [0.1, 0.15) is 12.5 Å². The first kappa shape index (κ1) is 16.2. The third-order valence-corrected chi connectivity index (χ3v) is 2.55. The number of nitro benzene ring substituents is 1. The zero-order chi connectivity index (χ0) is 15.5. The molecule has 1 rings (SSSR count).